The highest BCUT2D eigenvalue weighted by molar-refractivity contribution is 9.09. The van der Waals surface area contributed by atoms with Gasteiger partial charge >= 0.3 is 0 Å². The van der Waals surface area contributed by atoms with Crippen molar-refractivity contribution in [3.63, 3.8) is 0 Å². The number of rotatable bonds is 6. The van der Waals surface area contributed by atoms with Gasteiger partial charge in [-0.1, -0.05) is 15.9 Å². The second kappa shape index (κ2) is 6.97. The zero-order valence-corrected chi connectivity index (χ0v) is 11.9. The van der Waals surface area contributed by atoms with E-state index in [0.29, 0.717) is 0 Å². The Morgan fingerprint density at radius 3 is 2.50 bits per heavy atom. The summed E-state index contributed by atoms with van der Waals surface area (Å²) in [5.41, 5.74) is 0. The lowest BCUT2D eigenvalue weighted by Crippen LogP contribution is -2.27. The molecule has 0 N–H and O–H groups in total. The Labute approximate surface area is 108 Å². The summed E-state index contributed by atoms with van der Waals surface area (Å²) < 4.78 is 0. The van der Waals surface area contributed by atoms with Crippen LogP contribution in [0.3, 0.4) is 0 Å². The molecule has 16 heavy (non-hydrogen) atoms. The van der Waals surface area contributed by atoms with Gasteiger partial charge in [0.05, 0.1) is 0 Å². The fraction of sp³-hybridized carbons (Fsp3) is 1.00. The van der Waals surface area contributed by atoms with Crippen LogP contribution >= 0.6 is 15.9 Å². The fourth-order valence-corrected chi connectivity index (χ4v) is 3.68. The minimum atomic E-state index is 0.964. The Kier molecular flexibility index (Phi) is 5.60. The van der Waals surface area contributed by atoms with Crippen LogP contribution in [0.2, 0.25) is 0 Å². The van der Waals surface area contributed by atoms with Crippen molar-refractivity contribution in [1.29, 1.82) is 0 Å². The van der Waals surface area contributed by atoms with Gasteiger partial charge in [0, 0.05) is 11.9 Å². The molecule has 2 rings (SSSR count). The summed E-state index contributed by atoms with van der Waals surface area (Å²) >= 11 is 3.55. The van der Waals surface area contributed by atoms with E-state index >= 15 is 0 Å². The molecule has 0 aromatic carbocycles. The van der Waals surface area contributed by atoms with Gasteiger partial charge in [0.25, 0.3) is 0 Å². The highest BCUT2D eigenvalue weighted by Gasteiger charge is 2.21. The van der Waals surface area contributed by atoms with E-state index in [9.17, 15) is 0 Å². The Morgan fingerprint density at radius 1 is 1.00 bits per heavy atom. The number of likely N-dealkylation sites (tertiary alicyclic amines) is 2. The van der Waals surface area contributed by atoms with E-state index in [2.05, 4.69) is 25.7 Å². The molecular weight excluding hydrogens is 264 g/mol. The Bertz CT molecular complexity index is 192. The molecule has 0 saturated carbocycles. The molecule has 2 heterocycles. The molecule has 2 nitrogen and oxygen atoms in total. The molecule has 0 aromatic rings. The van der Waals surface area contributed by atoms with Crippen molar-refractivity contribution in [1.82, 2.24) is 9.80 Å². The Morgan fingerprint density at radius 2 is 1.75 bits per heavy atom. The molecule has 0 bridgehead atoms. The molecule has 0 aliphatic carbocycles. The lowest BCUT2D eigenvalue weighted by Gasteiger charge is -2.19. The van der Waals surface area contributed by atoms with E-state index in [4.69, 9.17) is 0 Å². The number of nitrogens with zero attached hydrogens (tertiary/aromatic N) is 2. The van der Waals surface area contributed by atoms with E-state index in [1.807, 2.05) is 0 Å². The molecule has 2 aliphatic rings. The van der Waals surface area contributed by atoms with Gasteiger partial charge in [-0.2, -0.15) is 0 Å². The summed E-state index contributed by atoms with van der Waals surface area (Å²) in [4.78, 5) is 5.30. The maximum absolute atomic E-state index is 3.55. The second-order valence-electron chi connectivity index (χ2n) is 5.34. The molecule has 2 fully saturated rings. The summed E-state index contributed by atoms with van der Waals surface area (Å²) in [6.07, 6.45) is 7.02. The van der Waals surface area contributed by atoms with Crippen molar-refractivity contribution in [3.8, 4) is 0 Å². The predicted molar refractivity (Wildman–Crippen MR) is 73.2 cm³/mol. The Hall–Kier alpha value is 0.400. The van der Waals surface area contributed by atoms with Crippen LogP contribution in [-0.4, -0.2) is 54.4 Å². The van der Waals surface area contributed by atoms with E-state index in [-0.39, 0.29) is 0 Å². The first-order chi connectivity index (χ1) is 7.88. The van der Waals surface area contributed by atoms with Crippen molar-refractivity contribution in [2.45, 2.75) is 32.1 Å². The average molecular weight is 289 g/mol. The van der Waals surface area contributed by atoms with Gasteiger partial charge in [0.2, 0.25) is 0 Å². The van der Waals surface area contributed by atoms with Crippen LogP contribution < -0.4 is 0 Å². The minimum Gasteiger partial charge on any atom is -0.303 e. The lowest BCUT2D eigenvalue weighted by molar-refractivity contribution is 0.274. The van der Waals surface area contributed by atoms with Gasteiger partial charge in [-0.15, -0.1) is 0 Å². The molecular formula is C13H25BrN2. The third-order valence-corrected chi connectivity index (χ3v) is 4.49. The molecule has 2 aliphatic heterocycles. The van der Waals surface area contributed by atoms with Gasteiger partial charge < -0.3 is 9.80 Å². The van der Waals surface area contributed by atoms with Crippen LogP contribution in [0.5, 0.6) is 0 Å². The summed E-state index contributed by atoms with van der Waals surface area (Å²) in [6, 6.07) is 0. The molecule has 1 unspecified atom stereocenters. The predicted octanol–water partition coefficient (Wildman–Crippen LogP) is 2.58. The van der Waals surface area contributed by atoms with Crippen LogP contribution in [-0.2, 0) is 0 Å². The first kappa shape index (κ1) is 12.8. The van der Waals surface area contributed by atoms with Crippen molar-refractivity contribution < 1.29 is 0 Å². The molecule has 1 atom stereocenters. The van der Waals surface area contributed by atoms with E-state index in [1.165, 1.54) is 76.7 Å². The van der Waals surface area contributed by atoms with Gasteiger partial charge in [-0.05, 0) is 70.7 Å². The normalized spacial score (nSPS) is 27.9. The highest BCUT2D eigenvalue weighted by atomic mass is 79.9. The quantitative estimate of drug-likeness (QED) is 0.693. The number of hydrogen-bond acceptors (Lipinski definition) is 2. The van der Waals surface area contributed by atoms with E-state index < -0.39 is 0 Å². The van der Waals surface area contributed by atoms with Crippen molar-refractivity contribution in [2.75, 3.05) is 44.6 Å². The number of halogens is 1. The van der Waals surface area contributed by atoms with E-state index in [0.717, 1.165) is 5.92 Å². The second-order valence-corrected chi connectivity index (χ2v) is 6.13. The van der Waals surface area contributed by atoms with Gasteiger partial charge in [0.1, 0.15) is 0 Å². The van der Waals surface area contributed by atoms with Crippen LogP contribution in [0.4, 0.5) is 0 Å². The van der Waals surface area contributed by atoms with Crippen molar-refractivity contribution in [2.24, 2.45) is 5.92 Å². The van der Waals surface area contributed by atoms with Gasteiger partial charge in [-0.25, -0.2) is 0 Å². The smallest absolute Gasteiger partial charge is 0.00344 e. The van der Waals surface area contributed by atoms with Gasteiger partial charge in [0.15, 0.2) is 0 Å². The maximum atomic E-state index is 3.55. The Balaban J connectivity index is 1.53. The molecule has 94 valence electrons. The zero-order valence-electron chi connectivity index (χ0n) is 10.3. The van der Waals surface area contributed by atoms with Crippen LogP contribution in [0, 0.1) is 5.92 Å². The molecule has 0 aromatic heterocycles. The average Bonchev–Trinajstić information content (AvgIpc) is 2.90. The number of alkyl halides is 1. The molecule has 0 radical (unpaired) electrons. The van der Waals surface area contributed by atoms with Crippen molar-refractivity contribution >= 4 is 15.9 Å². The monoisotopic (exact) mass is 288 g/mol. The molecule has 0 amide bonds. The maximum Gasteiger partial charge on any atom is 0.00344 e. The SMILES string of the molecule is BrCCC1CCN(CCCN2CCCC2)C1. The summed E-state index contributed by atoms with van der Waals surface area (Å²) in [6.45, 7) is 8.07. The summed E-state index contributed by atoms with van der Waals surface area (Å²) in [7, 11) is 0. The zero-order chi connectivity index (χ0) is 11.2. The fourth-order valence-electron chi connectivity index (χ4n) is 3.03. The third kappa shape index (κ3) is 4.01. The van der Waals surface area contributed by atoms with Gasteiger partial charge in [-0.3, -0.25) is 0 Å². The van der Waals surface area contributed by atoms with Crippen molar-refractivity contribution in [3.05, 3.63) is 0 Å². The van der Waals surface area contributed by atoms with Crippen LogP contribution in [0.25, 0.3) is 0 Å². The topological polar surface area (TPSA) is 6.48 Å². The standard InChI is InChI=1S/C13H25BrN2/c14-6-4-13-5-11-16(12-13)10-3-9-15-7-1-2-8-15/h13H,1-12H2. The summed E-state index contributed by atoms with van der Waals surface area (Å²) in [5.74, 6) is 0.964. The number of hydrogen-bond donors (Lipinski definition) is 0. The van der Waals surface area contributed by atoms with Crippen LogP contribution in [0.1, 0.15) is 32.1 Å². The third-order valence-electron chi connectivity index (χ3n) is 4.03. The van der Waals surface area contributed by atoms with E-state index in [1.54, 1.807) is 0 Å². The largest absolute Gasteiger partial charge is 0.303 e. The first-order valence-electron chi connectivity index (χ1n) is 6.89. The summed E-state index contributed by atoms with van der Waals surface area (Å²) in [5, 5.41) is 1.18. The van der Waals surface area contributed by atoms with Crippen LogP contribution in [0.15, 0.2) is 0 Å². The highest BCUT2D eigenvalue weighted by Crippen LogP contribution is 2.20. The first-order valence-corrected chi connectivity index (χ1v) is 8.01. The minimum absolute atomic E-state index is 0.964. The molecule has 3 heteroatoms. The lowest BCUT2D eigenvalue weighted by atomic mass is 10.1. The molecule has 0 spiro atoms. The molecule has 2 saturated heterocycles.